The smallest absolute Gasteiger partial charge is 0.118 e. The van der Waals surface area contributed by atoms with E-state index in [-0.39, 0.29) is 11.7 Å². The van der Waals surface area contributed by atoms with Gasteiger partial charge in [0.05, 0.1) is 26.4 Å². The normalized spacial score (nSPS) is 29.2. The number of ether oxygens (including phenoxy) is 3. The van der Waals surface area contributed by atoms with Gasteiger partial charge in [0.1, 0.15) is 11.4 Å². The van der Waals surface area contributed by atoms with Gasteiger partial charge >= 0.3 is 0 Å². The third-order valence-electron chi connectivity index (χ3n) is 4.04. The molecule has 19 heavy (non-hydrogen) atoms. The second kappa shape index (κ2) is 5.35. The Labute approximate surface area is 114 Å². The highest BCUT2D eigenvalue weighted by atomic mass is 16.6. The maximum absolute atomic E-state index is 6.08. The molecule has 0 N–H and O–H groups in total. The van der Waals surface area contributed by atoms with Gasteiger partial charge in [-0.2, -0.15) is 0 Å². The molecule has 3 rings (SSSR count). The Bertz CT molecular complexity index is 452. The van der Waals surface area contributed by atoms with E-state index in [4.69, 9.17) is 14.2 Å². The SMILES string of the molecule is COc1ccc(CO[C@H]2CCC[C@@]23C=CCO3)cc1. The standard InChI is InChI=1S/C16H20O3/c1-17-14-7-5-13(6-8-14)12-18-15-4-2-9-16(15)10-3-11-19-16/h3,5-8,10,15H,2,4,9,11-12H2,1H3/t15-,16+/m0/s1. The lowest BCUT2D eigenvalue weighted by molar-refractivity contribution is -0.0905. The maximum atomic E-state index is 6.08. The van der Waals surface area contributed by atoms with E-state index in [1.165, 1.54) is 12.0 Å². The second-order valence-corrected chi connectivity index (χ2v) is 5.21. The summed E-state index contributed by atoms with van der Waals surface area (Å²) in [5.74, 6) is 0.878. The predicted molar refractivity (Wildman–Crippen MR) is 73.2 cm³/mol. The van der Waals surface area contributed by atoms with Crippen LogP contribution in [0.5, 0.6) is 5.75 Å². The molecule has 3 heteroatoms. The molecule has 0 bridgehead atoms. The lowest BCUT2D eigenvalue weighted by Crippen LogP contribution is -2.37. The average molecular weight is 260 g/mol. The van der Waals surface area contributed by atoms with Crippen LogP contribution in [0.2, 0.25) is 0 Å². The fourth-order valence-electron chi connectivity index (χ4n) is 2.97. The van der Waals surface area contributed by atoms with Gasteiger partial charge in [-0.05, 0) is 37.0 Å². The largest absolute Gasteiger partial charge is 0.497 e. The van der Waals surface area contributed by atoms with Crippen molar-refractivity contribution in [3.8, 4) is 5.75 Å². The molecule has 102 valence electrons. The van der Waals surface area contributed by atoms with Gasteiger partial charge in [-0.25, -0.2) is 0 Å². The van der Waals surface area contributed by atoms with Gasteiger partial charge in [0.2, 0.25) is 0 Å². The summed E-state index contributed by atoms with van der Waals surface area (Å²) in [5, 5.41) is 0. The fourth-order valence-corrected chi connectivity index (χ4v) is 2.97. The molecule has 1 heterocycles. The van der Waals surface area contributed by atoms with E-state index in [0.717, 1.165) is 25.2 Å². The molecule has 0 unspecified atom stereocenters. The topological polar surface area (TPSA) is 27.7 Å². The Balaban J connectivity index is 1.60. The third-order valence-corrected chi connectivity index (χ3v) is 4.04. The molecule has 0 radical (unpaired) electrons. The molecule has 1 spiro atoms. The summed E-state index contributed by atoms with van der Waals surface area (Å²) in [6.45, 7) is 1.36. The van der Waals surface area contributed by atoms with Gasteiger partial charge in [0.25, 0.3) is 0 Å². The minimum Gasteiger partial charge on any atom is -0.497 e. The molecule has 1 saturated carbocycles. The first-order chi connectivity index (χ1) is 9.32. The molecule has 1 aromatic carbocycles. The Morgan fingerprint density at radius 2 is 2.16 bits per heavy atom. The van der Waals surface area contributed by atoms with Gasteiger partial charge in [-0.15, -0.1) is 0 Å². The maximum Gasteiger partial charge on any atom is 0.118 e. The predicted octanol–water partition coefficient (Wildman–Crippen LogP) is 3.09. The lowest BCUT2D eigenvalue weighted by Gasteiger charge is -2.29. The van der Waals surface area contributed by atoms with Crippen LogP contribution in [0.1, 0.15) is 24.8 Å². The highest BCUT2D eigenvalue weighted by molar-refractivity contribution is 5.26. The van der Waals surface area contributed by atoms with Crippen molar-refractivity contribution in [3.05, 3.63) is 42.0 Å². The minimum absolute atomic E-state index is 0.146. The quantitative estimate of drug-likeness (QED) is 0.779. The van der Waals surface area contributed by atoms with Crippen LogP contribution in [-0.2, 0) is 16.1 Å². The molecule has 1 aliphatic carbocycles. The molecule has 2 aliphatic rings. The monoisotopic (exact) mass is 260 g/mol. The Morgan fingerprint density at radius 3 is 2.84 bits per heavy atom. The van der Waals surface area contributed by atoms with E-state index < -0.39 is 0 Å². The van der Waals surface area contributed by atoms with Crippen molar-refractivity contribution in [2.45, 2.75) is 37.6 Å². The van der Waals surface area contributed by atoms with E-state index in [2.05, 4.69) is 12.2 Å². The van der Waals surface area contributed by atoms with Crippen molar-refractivity contribution in [2.24, 2.45) is 0 Å². The van der Waals surface area contributed by atoms with E-state index in [9.17, 15) is 0 Å². The molecule has 1 aromatic rings. The number of hydrogen-bond donors (Lipinski definition) is 0. The van der Waals surface area contributed by atoms with Crippen molar-refractivity contribution in [1.29, 1.82) is 0 Å². The molecule has 3 nitrogen and oxygen atoms in total. The summed E-state index contributed by atoms with van der Waals surface area (Å²) in [6, 6.07) is 8.03. The van der Waals surface area contributed by atoms with Gasteiger partial charge in [0, 0.05) is 0 Å². The first-order valence-corrected chi connectivity index (χ1v) is 6.89. The van der Waals surface area contributed by atoms with E-state index in [1.807, 2.05) is 24.3 Å². The summed E-state index contributed by atoms with van der Waals surface area (Å²) < 4.78 is 17.1. The number of hydrogen-bond acceptors (Lipinski definition) is 3. The minimum atomic E-state index is -0.146. The highest BCUT2D eigenvalue weighted by Gasteiger charge is 2.44. The molecule has 0 aromatic heterocycles. The van der Waals surface area contributed by atoms with Crippen LogP contribution < -0.4 is 4.74 Å². The van der Waals surface area contributed by atoms with Gasteiger partial charge in [-0.1, -0.05) is 24.3 Å². The van der Waals surface area contributed by atoms with Crippen LogP contribution in [0.25, 0.3) is 0 Å². The van der Waals surface area contributed by atoms with Crippen LogP contribution in [-0.4, -0.2) is 25.4 Å². The van der Waals surface area contributed by atoms with Gasteiger partial charge in [0.15, 0.2) is 0 Å². The molecular formula is C16H20O3. The van der Waals surface area contributed by atoms with Crippen LogP contribution in [0.3, 0.4) is 0 Å². The second-order valence-electron chi connectivity index (χ2n) is 5.21. The lowest BCUT2D eigenvalue weighted by atomic mass is 10.0. The van der Waals surface area contributed by atoms with Crippen molar-refractivity contribution in [2.75, 3.05) is 13.7 Å². The Morgan fingerprint density at radius 1 is 1.32 bits per heavy atom. The summed E-state index contributed by atoms with van der Waals surface area (Å²) >= 11 is 0. The van der Waals surface area contributed by atoms with Crippen LogP contribution in [0, 0.1) is 0 Å². The Kier molecular flexibility index (Phi) is 3.58. The summed E-state index contributed by atoms with van der Waals surface area (Å²) in [5.41, 5.74) is 1.02. The fraction of sp³-hybridized carbons (Fsp3) is 0.500. The zero-order valence-corrected chi connectivity index (χ0v) is 11.3. The number of benzene rings is 1. The molecule has 1 aliphatic heterocycles. The Hall–Kier alpha value is -1.32. The summed E-state index contributed by atoms with van der Waals surface area (Å²) in [6.07, 6.45) is 7.83. The van der Waals surface area contributed by atoms with Crippen LogP contribution in [0.4, 0.5) is 0 Å². The van der Waals surface area contributed by atoms with Crippen molar-refractivity contribution in [1.82, 2.24) is 0 Å². The highest BCUT2D eigenvalue weighted by Crippen LogP contribution is 2.39. The molecule has 1 fully saturated rings. The number of rotatable bonds is 4. The first kappa shape index (κ1) is 12.7. The average Bonchev–Trinajstić information content (AvgIpc) is 3.08. The summed E-state index contributed by atoms with van der Waals surface area (Å²) in [7, 11) is 1.68. The van der Waals surface area contributed by atoms with Crippen LogP contribution in [0.15, 0.2) is 36.4 Å². The number of methoxy groups -OCH3 is 1. The van der Waals surface area contributed by atoms with E-state index in [0.29, 0.717) is 6.61 Å². The van der Waals surface area contributed by atoms with Crippen LogP contribution >= 0.6 is 0 Å². The van der Waals surface area contributed by atoms with E-state index >= 15 is 0 Å². The zero-order valence-electron chi connectivity index (χ0n) is 11.3. The van der Waals surface area contributed by atoms with Crippen molar-refractivity contribution >= 4 is 0 Å². The zero-order chi connectivity index (χ0) is 13.1. The van der Waals surface area contributed by atoms with Crippen molar-refractivity contribution < 1.29 is 14.2 Å². The molecule has 2 atom stereocenters. The van der Waals surface area contributed by atoms with Gasteiger partial charge < -0.3 is 14.2 Å². The van der Waals surface area contributed by atoms with E-state index in [1.54, 1.807) is 7.11 Å². The first-order valence-electron chi connectivity index (χ1n) is 6.89. The molecular weight excluding hydrogens is 240 g/mol. The van der Waals surface area contributed by atoms with Gasteiger partial charge in [-0.3, -0.25) is 0 Å². The molecule has 0 saturated heterocycles. The summed E-state index contributed by atoms with van der Waals surface area (Å²) in [4.78, 5) is 0. The molecule has 0 amide bonds. The van der Waals surface area contributed by atoms with Crippen molar-refractivity contribution in [3.63, 3.8) is 0 Å². The third kappa shape index (κ3) is 2.53.